The van der Waals surface area contributed by atoms with E-state index in [1.54, 1.807) is 30.3 Å². The summed E-state index contributed by atoms with van der Waals surface area (Å²) in [7, 11) is 0. The lowest BCUT2D eigenvalue weighted by atomic mass is 10.2. The lowest BCUT2D eigenvalue weighted by Crippen LogP contribution is -2.08. The van der Waals surface area contributed by atoms with Crippen molar-refractivity contribution in [3.8, 4) is 17.9 Å². The molecule has 0 saturated heterocycles. The van der Waals surface area contributed by atoms with E-state index in [1.165, 1.54) is 0 Å². The van der Waals surface area contributed by atoms with Crippen LogP contribution in [0.15, 0.2) is 42.6 Å². The molecule has 0 unspecified atom stereocenters. The van der Waals surface area contributed by atoms with Gasteiger partial charge in [0.1, 0.15) is 24.1 Å². The van der Waals surface area contributed by atoms with E-state index >= 15 is 0 Å². The average molecular weight is 237 g/mol. The number of aromatic nitrogens is 1. The van der Waals surface area contributed by atoms with E-state index in [-0.39, 0.29) is 0 Å². The van der Waals surface area contributed by atoms with Gasteiger partial charge in [-0.1, -0.05) is 0 Å². The SMILES string of the molecule is N#Cc1ccc(OCCn2cccc2C#N)cc1. The van der Waals surface area contributed by atoms with Gasteiger partial charge in [-0.3, -0.25) is 0 Å². The van der Waals surface area contributed by atoms with Crippen molar-refractivity contribution in [2.24, 2.45) is 0 Å². The molecular weight excluding hydrogens is 226 g/mol. The first kappa shape index (κ1) is 11.8. The molecule has 0 radical (unpaired) electrons. The van der Waals surface area contributed by atoms with Gasteiger partial charge >= 0.3 is 0 Å². The van der Waals surface area contributed by atoms with Crippen LogP contribution < -0.4 is 4.74 Å². The molecule has 0 fully saturated rings. The molecule has 0 saturated carbocycles. The Balaban J connectivity index is 1.89. The van der Waals surface area contributed by atoms with Gasteiger partial charge in [0.15, 0.2) is 0 Å². The van der Waals surface area contributed by atoms with Crippen LogP contribution in [-0.4, -0.2) is 11.2 Å². The monoisotopic (exact) mass is 237 g/mol. The summed E-state index contributed by atoms with van der Waals surface area (Å²) >= 11 is 0. The molecule has 1 aromatic carbocycles. The molecule has 1 aromatic heterocycles. The third-order valence-corrected chi connectivity index (χ3v) is 2.53. The molecule has 0 aliphatic carbocycles. The first-order valence-electron chi connectivity index (χ1n) is 5.51. The van der Waals surface area contributed by atoms with Crippen molar-refractivity contribution in [3.05, 3.63) is 53.9 Å². The maximum Gasteiger partial charge on any atom is 0.120 e. The Morgan fingerprint density at radius 2 is 1.83 bits per heavy atom. The summed E-state index contributed by atoms with van der Waals surface area (Å²) in [5.74, 6) is 0.722. The number of hydrogen-bond acceptors (Lipinski definition) is 3. The second-order valence-electron chi connectivity index (χ2n) is 3.68. The Hall–Kier alpha value is -2.72. The number of rotatable bonds is 4. The summed E-state index contributed by atoms with van der Waals surface area (Å²) in [6.07, 6.45) is 1.85. The predicted octanol–water partition coefficient (Wildman–Crippen LogP) is 2.31. The summed E-state index contributed by atoms with van der Waals surface area (Å²) < 4.78 is 7.38. The highest BCUT2D eigenvalue weighted by atomic mass is 16.5. The molecule has 0 N–H and O–H groups in total. The predicted molar refractivity (Wildman–Crippen MR) is 65.8 cm³/mol. The van der Waals surface area contributed by atoms with Crippen LogP contribution in [-0.2, 0) is 6.54 Å². The molecule has 0 bridgehead atoms. The lowest BCUT2D eigenvalue weighted by Gasteiger charge is -2.07. The van der Waals surface area contributed by atoms with Crippen LogP contribution in [0.4, 0.5) is 0 Å². The normalized spacial score (nSPS) is 9.44. The molecular formula is C14H11N3O. The van der Waals surface area contributed by atoms with Crippen LogP contribution in [0.3, 0.4) is 0 Å². The van der Waals surface area contributed by atoms with Gasteiger partial charge in [-0.05, 0) is 36.4 Å². The van der Waals surface area contributed by atoms with Gasteiger partial charge in [0.2, 0.25) is 0 Å². The molecule has 0 spiro atoms. The fourth-order valence-electron chi connectivity index (χ4n) is 1.60. The molecule has 1 heterocycles. The minimum absolute atomic E-state index is 0.481. The fraction of sp³-hybridized carbons (Fsp3) is 0.143. The molecule has 88 valence electrons. The van der Waals surface area contributed by atoms with Gasteiger partial charge in [-0.25, -0.2) is 0 Å². The Labute approximate surface area is 105 Å². The van der Waals surface area contributed by atoms with Crippen LogP contribution in [0.1, 0.15) is 11.3 Å². The second kappa shape index (κ2) is 5.56. The van der Waals surface area contributed by atoms with E-state index < -0.39 is 0 Å². The van der Waals surface area contributed by atoms with Crippen LogP contribution >= 0.6 is 0 Å². The van der Waals surface area contributed by atoms with E-state index in [2.05, 4.69) is 12.1 Å². The Morgan fingerprint density at radius 3 is 2.50 bits per heavy atom. The van der Waals surface area contributed by atoms with Gasteiger partial charge < -0.3 is 9.30 Å². The van der Waals surface area contributed by atoms with Gasteiger partial charge in [0.05, 0.1) is 18.2 Å². The third-order valence-electron chi connectivity index (χ3n) is 2.53. The first-order valence-corrected chi connectivity index (χ1v) is 5.51. The van der Waals surface area contributed by atoms with E-state index in [9.17, 15) is 0 Å². The van der Waals surface area contributed by atoms with Crippen LogP contribution in [0.25, 0.3) is 0 Å². The molecule has 2 rings (SSSR count). The summed E-state index contributed by atoms with van der Waals surface area (Å²) in [6.45, 7) is 1.10. The van der Waals surface area contributed by atoms with Crippen molar-refractivity contribution < 1.29 is 4.74 Å². The van der Waals surface area contributed by atoms with Gasteiger partial charge in [0.25, 0.3) is 0 Å². The zero-order chi connectivity index (χ0) is 12.8. The van der Waals surface area contributed by atoms with E-state index in [0.717, 1.165) is 5.75 Å². The average Bonchev–Trinajstić information content (AvgIpc) is 2.87. The van der Waals surface area contributed by atoms with Gasteiger partial charge in [-0.15, -0.1) is 0 Å². The fourth-order valence-corrected chi connectivity index (χ4v) is 1.60. The molecule has 0 aliphatic rings. The topological polar surface area (TPSA) is 61.7 Å². The highest BCUT2D eigenvalue weighted by Gasteiger charge is 1.99. The highest BCUT2D eigenvalue weighted by Crippen LogP contribution is 2.11. The number of nitriles is 2. The standard InChI is InChI=1S/C14H11N3O/c15-10-12-3-5-14(6-4-12)18-9-8-17-7-1-2-13(17)11-16/h1-7H,8-9H2. The van der Waals surface area contributed by atoms with Crippen molar-refractivity contribution in [2.45, 2.75) is 6.54 Å². The zero-order valence-electron chi connectivity index (χ0n) is 9.71. The van der Waals surface area contributed by atoms with Crippen LogP contribution in [0.2, 0.25) is 0 Å². The molecule has 4 heteroatoms. The lowest BCUT2D eigenvalue weighted by molar-refractivity contribution is 0.298. The molecule has 18 heavy (non-hydrogen) atoms. The van der Waals surface area contributed by atoms with Gasteiger partial charge in [0, 0.05) is 6.20 Å². The Kier molecular flexibility index (Phi) is 3.63. The number of nitrogens with zero attached hydrogens (tertiary/aromatic N) is 3. The molecule has 0 amide bonds. The van der Waals surface area contributed by atoms with Crippen molar-refractivity contribution in [2.75, 3.05) is 6.61 Å². The number of ether oxygens (including phenoxy) is 1. The summed E-state index contributed by atoms with van der Waals surface area (Å²) in [4.78, 5) is 0. The van der Waals surface area contributed by atoms with Crippen molar-refractivity contribution in [3.63, 3.8) is 0 Å². The molecule has 4 nitrogen and oxygen atoms in total. The molecule has 0 atom stereocenters. The summed E-state index contributed by atoms with van der Waals surface area (Å²) in [6, 6.07) is 14.7. The minimum Gasteiger partial charge on any atom is -0.492 e. The van der Waals surface area contributed by atoms with Crippen molar-refractivity contribution in [1.82, 2.24) is 4.57 Å². The highest BCUT2D eigenvalue weighted by molar-refractivity contribution is 5.34. The largest absolute Gasteiger partial charge is 0.492 e. The molecule has 2 aromatic rings. The van der Waals surface area contributed by atoms with Crippen LogP contribution in [0.5, 0.6) is 5.75 Å². The van der Waals surface area contributed by atoms with E-state index in [0.29, 0.717) is 24.4 Å². The van der Waals surface area contributed by atoms with Crippen LogP contribution in [0, 0.1) is 22.7 Å². The second-order valence-corrected chi connectivity index (χ2v) is 3.68. The smallest absolute Gasteiger partial charge is 0.120 e. The Bertz CT molecular complexity index is 599. The first-order chi connectivity index (χ1) is 8.83. The summed E-state index contributed by atoms with van der Waals surface area (Å²) in [5, 5.41) is 17.5. The maximum atomic E-state index is 8.84. The van der Waals surface area contributed by atoms with Crippen molar-refractivity contribution >= 4 is 0 Å². The number of hydrogen-bond donors (Lipinski definition) is 0. The quantitative estimate of drug-likeness (QED) is 0.819. The van der Waals surface area contributed by atoms with Gasteiger partial charge in [-0.2, -0.15) is 10.5 Å². The summed E-state index contributed by atoms with van der Waals surface area (Å²) in [5.41, 5.74) is 1.23. The van der Waals surface area contributed by atoms with E-state index in [1.807, 2.05) is 16.8 Å². The zero-order valence-corrected chi connectivity index (χ0v) is 9.71. The number of benzene rings is 1. The molecule has 0 aliphatic heterocycles. The third kappa shape index (κ3) is 2.69. The maximum absolute atomic E-state index is 8.84. The van der Waals surface area contributed by atoms with E-state index in [4.69, 9.17) is 15.3 Å². The Morgan fingerprint density at radius 1 is 1.06 bits per heavy atom. The van der Waals surface area contributed by atoms with Crippen molar-refractivity contribution in [1.29, 1.82) is 10.5 Å². The minimum atomic E-state index is 0.481.